The third-order valence-electron chi connectivity index (χ3n) is 0.584. The molecule has 0 aliphatic carbocycles. The number of rotatable bonds is 0. The summed E-state index contributed by atoms with van der Waals surface area (Å²) in [5, 5.41) is 25.2. The lowest BCUT2D eigenvalue weighted by Crippen LogP contribution is -2.29. The summed E-state index contributed by atoms with van der Waals surface area (Å²) in [6, 6.07) is 0. The summed E-state index contributed by atoms with van der Waals surface area (Å²) < 4.78 is 0. The monoisotopic (exact) mass is 103 g/mol. The van der Waals surface area contributed by atoms with Gasteiger partial charge in [-0.15, -0.1) is 10.2 Å². The molecule has 2 atom stereocenters. The fourth-order valence-electron chi connectivity index (χ4n) is 0.326. The van der Waals surface area contributed by atoms with E-state index in [4.69, 9.17) is 10.2 Å². The number of aliphatic hydroxyl groups is 2. The van der Waals surface area contributed by atoms with Gasteiger partial charge < -0.3 is 10.2 Å². The molecule has 1 aliphatic rings. The predicted molar refractivity (Wildman–Crippen MR) is 20.0 cm³/mol. The zero-order chi connectivity index (χ0) is 5.28. The summed E-state index contributed by atoms with van der Waals surface area (Å²) in [6.45, 7) is 0. The first-order chi connectivity index (χ1) is 3.29. The Morgan fingerprint density at radius 1 is 1.14 bits per heavy atom. The molecular weight excluding hydrogens is 98.0 g/mol. The Morgan fingerprint density at radius 3 is 1.71 bits per heavy atom. The standard InChI is InChI=1S/C2H5N3O2/c6-1-3-2(7)5-4-1/h1-3,6-7H. The van der Waals surface area contributed by atoms with Gasteiger partial charge in [0.25, 0.3) is 0 Å². The highest BCUT2D eigenvalue weighted by Crippen LogP contribution is 1.95. The lowest BCUT2D eigenvalue weighted by atomic mass is 10.9. The van der Waals surface area contributed by atoms with Crippen LogP contribution in [0.15, 0.2) is 10.2 Å². The number of azo groups is 1. The van der Waals surface area contributed by atoms with Crippen LogP contribution in [-0.2, 0) is 0 Å². The minimum absolute atomic E-state index is 1.02. The van der Waals surface area contributed by atoms with Crippen molar-refractivity contribution in [3.05, 3.63) is 0 Å². The Hall–Kier alpha value is -0.520. The molecule has 7 heavy (non-hydrogen) atoms. The number of hydrogen-bond donors (Lipinski definition) is 3. The van der Waals surface area contributed by atoms with E-state index in [1.165, 1.54) is 0 Å². The van der Waals surface area contributed by atoms with E-state index in [0.717, 1.165) is 0 Å². The quantitative estimate of drug-likeness (QED) is 0.352. The minimum Gasteiger partial charge on any atom is -0.358 e. The SMILES string of the molecule is OC1N=NC(O)N1. The summed E-state index contributed by atoms with van der Waals surface area (Å²) in [6.07, 6.45) is -2.04. The van der Waals surface area contributed by atoms with E-state index in [0.29, 0.717) is 0 Å². The summed E-state index contributed by atoms with van der Waals surface area (Å²) in [5.74, 6) is 0. The van der Waals surface area contributed by atoms with E-state index < -0.39 is 12.7 Å². The van der Waals surface area contributed by atoms with Gasteiger partial charge in [-0.05, 0) is 0 Å². The first-order valence-electron chi connectivity index (χ1n) is 1.81. The van der Waals surface area contributed by atoms with Gasteiger partial charge in [-0.3, -0.25) is 0 Å². The summed E-state index contributed by atoms with van der Waals surface area (Å²) in [5.41, 5.74) is 0. The number of nitrogens with one attached hydrogen (secondary N) is 1. The largest absolute Gasteiger partial charge is 0.358 e. The zero-order valence-electron chi connectivity index (χ0n) is 3.44. The highest BCUT2D eigenvalue weighted by atomic mass is 16.4. The molecule has 0 bridgehead atoms. The predicted octanol–water partition coefficient (Wildman–Crippen LogP) is -1.41. The molecule has 1 rings (SSSR count). The van der Waals surface area contributed by atoms with Crippen LogP contribution < -0.4 is 5.32 Å². The van der Waals surface area contributed by atoms with Crippen LogP contribution in [0.4, 0.5) is 0 Å². The molecule has 0 radical (unpaired) electrons. The smallest absolute Gasteiger partial charge is 0.225 e. The Balaban J connectivity index is 2.42. The molecule has 0 aromatic carbocycles. The molecule has 0 aromatic heterocycles. The molecule has 2 unspecified atom stereocenters. The van der Waals surface area contributed by atoms with Crippen molar-refractivity contribution >= 4 is 0 Å². The van der Waals surface area contributed by atoms with Gasteiger partial charge in [0.2, 0.25) is 12.7 Å². The minimum atomic E-state index is -1.02. The summed E-state index contributed by atoms with van der Waals surface area (Å²) >= 11 is 0. The fourth-order valence-corrected chi connectivity index (χ4v) is 0.326. The average Bonchev–Trinajstić information content (AvgIpc) is 1.87. The fraction of sp³-hybridized carbons (Fsp3) is 1.00. The highest BCUT2D eigenvalue weighted by molar-refractivity contribution is 4.55. The van der Waals surface area contributed by atoms with Crippen LogP contribution in [0.5, 0.6) is 0 Å². The topological polar surface area (TPSA) is 77.2 Å². The molecule has 3 N–H and O–H groups in total. The van der Waals surface area contributed by atoms with Gasteiger partial charge in [0.1, 0.15) is 0 Å². The van der Waals surface area contributed by atoms with Crippen molar-refractivity contribution in [2.24, 2.45) is 10.2 Å². The van der Waals surface area contributed by atoms with Crippen molar-refractivity contribution in [3.63, 3.8) is 0 Å². The van der Waals surface area contributed by atoms with Crippen LogP contribution in [-0.4, -0.2) is 22.9 Å². The van der Waals surface area contributed by atoms with Gasteiger partial charge in [-0.1, -0.05) is 0 Å². The van der Waals surface area contributed by atoms with Gasteiger partial charge in [0.05, 0.1) is 0 Å². The van der Waals surface area contributed by atoms with Gasteiger partial charge >= 0.3 is 0 Å². The summed E-state index contributed by atoms with van der Waals surface area (Å²) in [7, 11) is 0. The second-order valence-electron chi connectivity index (χ2n) is 1.14. The van der Waals surface area contributed by atoms with Crippen molar-refractivity contribution in [3.8, 4) is 0 Å². The van der Waals surface area contributed by atoms with Crippen LogP contribution in [0.1, 0.15) is 0 Å². The van der Waals surface area contributed by atoms with E-state index in [1.54, 1.807) is 0 Å². The molecule has 0 amide bonds. The normalized spacial score (nSPS) is 39.7. The molecule has 1 heterocycles. The number of aliphatic hydroxyl groups excluding tert-OH is 2. The van der Waals surface area contributed by atoms with Gasteiger partial charge in [-0.25, -0.2) is 5.32 Å². The van der Waals surface area contributed by atoms with Gasteiger partial charge in [0, 0.05) is 0 Å². The van der Waals surface area contributed by atoms with Crippen LogP contribution in [0.2, 0.25) is 0 Å². The Kier molecular flexibility index (Phi) is 1.01. The Morgan fingerprint density at radius 2 is 1.57 bits per heavy atom. The molecule has 0 spiro atoms. The lowest BCUT2D eigenvalue weighted by molar-refractivity contribution is 0.0883. The molecule has 0 saturated heterocycles. The second kappa shape index (κ2) is 1.53. The van der Waals surface area contributed by atoms with Crippen molar-refractivity contribution in [2.45, 2.75) is 12.7 Å². The highest BCUT2D eigenvalue weighted by Gasteiger charge is 2.13. The second-order valence-corrected chi connectivity index (χ2v) is 1.14. The maximum atomic E-state index is 8.37. The van der Waals surface area contributed by atoms with E-state index in [2.05, 4.69) is 15.5 Å². The van der Waals surface area contributed by atoms with Crippen molar-refractivity contribution in [1.29, 1.82) is 0 Å². The average molecular weight is 103 g/mol. The third-order valence-corrected chi connectivity index (χ3v) is 0.584. The molecule has 5 heteroatoms. The van der Waals surface area contributed by atoms with Crippen LogP contribution in [0, 0.1) is 0 Å². The molecular formula is C2H5N3O2. The molecule has 1 aliphatic heterocycles. The maximum absolute atomic E-state index is 8.37. The van der Waals surface area contributed by atoms with E-state index in [9.17, 15) is 0 Å². The first-order valence-corrected chi connectivity index (χ1v) is 1.81. The van der Waals surface area contributed by atoms with Crippen molar-refractivity contribution in [1.82, 2.24) is 5.32 Å². The molecule has 0 fully saturated rings. The molecule has 40 valence electrons. The zero-order valence-corrected chi connectivity index (χ0v) is 3.44. The third kappa shape index (κ3) is 0.923. The summed E-state index contributed by atoms with van der Waals surface area (Å²) in [4.78, 5) is 0. The van der Waals surface area contributed by atoms with Crippen molar-refractivity contribution < 1.29 is 10.2 Å². The lowest BCUT2D eigenvalue weighted by Gasteiger charge is -1.95. The number of hydrogen-bond acceptors (Lipinski definition) is 5. The Bertz CT molecular complexity index is 82.9. The first kappa shape index (κ1) is 4.63. The van der Waals surface area contributed by atoms with Crippen LogP contribution in [0.25, 0.3) is 0 Å². The Labute approximate surface area is 39.7 Å². The molecule has 0 aromatic rings. The van der Waals surface area contributed by atoms with E-state index >= 15 is 0 Å². The van der Waals surface area contributed by atoms with E-state index in [-0.39, 0.29) is 0 Å². The molecule has 5 nitrogen and oxygen atoms in total. The van der Waals surface area contributed by atoms with Gasteiger partial charge in [-0.2, -0.15) is 0 Å². The van der Waals surface area contributed by atoms with Crippen molar-refractivity contribution in [2.75, 3.05) is 0 Å². The van der Waals surface area contributed by atoms with Gasteiger partial charge in [0.15, 0.2) is 0 Å². The van der Waals surface area contributed by atoms with E-state index in [1.807, 2.05) is 0 Å². The van der Waals surface area contributed by atoms with Crippen LogP contribution >= 0.6 is 0 Å². The van der Waals surface area contributed by atoms with Crippen LogP contribution in [0.3, 0.4) is 0 Å². The number of nitrogens with zero attached hydrogens (tertiary/aromatic N) is 2. The maximum Gasteiger partial charge on any atom is 0.225 e. The molecule has 0 saturated carbocycles.